The maximum atomic E-state index is 10.7. The molecule has 1 N–H and O–H groups in total. The van der Waals surface area contributed by atoms with Crippen LogP contribution in [0.4, 0.5) is 5.69 Å². The van der Waals surface area contributed by atoms with E-state index >= 15 is 0 Å². The Hall–Kier alpha value is -2.27. The zero-order valence-electron chi connectivity index (χ0n) is 9.96. The number of non-ortho nitro benzene ring substituents is 1. The number of nitrogens with zero attached hydrogens (tertiary/aromatic N) is 2. The molecule has 5 heteroatoms. The second-order valence-corrected chi connectivity index (χ2v) is 3.92. The van der Waals surface area contributed by atoms with Gasteiger partial charge in [0.05, 0.1) is 4.92 Å². The number of nitrogens with one attached hydrogen (secondary N) is 1. The first-order valence-corrected chi connectivity index (χ1v) is 5.54. The van der Waals surface area contributed by atoms with Crippen molar-refractivity contribution >= 4 is 5.69 Å². The van der Waals surface area contributed by atoms with E-state index in [4.69, 9.17) is 0 Å². The fourth-order valence-electron chi connectivity index (χ4n) is 1.75. The molecule has 2 aromatic rings. The van der Waals surface area contributed by atoms with Crippen molar-refractivity contribution in [3.05, 3.63) is 58.4 Å². The second kappa shape index (κ2) is 5.37. The van der Waals surface area contributed by atoms with Crippen molar-refractivity contribution in [2.45, 2.75) is 6.54 Å². The predicted molar refractivity (Wildman–Crippen MR) is 69.1 cm³/mol. The van der Waals surface area contributed by atoms with Gasteiger partial charge in [0.15, 0.2) is 0 Å². The molecule has 0 unspecified atom stereocenters. The molecule has 0 fully saturated rings. The molecule has 0 radical (unpaired) electrons. The molecule has 0 aliphatic carbocycles. The van der Waals surface area contributed by atoms with Gasteiger partial charge in [-0.05, 0) is 24.2 Å². The molecule has 1 aromatic carbocycles. The number of pyridine rings is 1. The summed E-state index contributed by atoms with van der Waals surface area (Å²) < 4.78 is 0. The maximum absolute atomic E-state index is 10.7. The number of benzene rings is 1. The SMILES string of the molecule is CNCc1cncc(-c2cccc([N+](=O)[O-])c2)c1. The van der Waals surface area contributed by atoms with E-state index in [2.05, 4.69) is 10.3 Å². The lowest BCUT2D eigenvalue weighted by atomic mass is 10.1. The molecule has 1 heterocycles. The Morgan fingerprint density at radius 3 is 2.83 bits per heavy atom. The second-order valence-electron chi connectivity index (χ2n) is 3.92. The number of nitro groups is 1. The predicted octanol–water partition coefficient (Wildman–Crippen LogP) is 2.38. The molecule has 0 aliphatic rings. The van der Waals surface area contributed by atoms with E-state index in [1.54, 1.807) is 24.5 Å². The van der Waals surface area contributed by atoms with Crippen LogP contribution in [0, 0.1) is 10.1 Å². The Kier molecular flexibility index (Phi) is 3.64. The van der Waals surface area contributed by atoms with Crippen LogP contribution in [0.3, 0.4) is 0 Å². The van der Waals surface area contributed by atoms with Crippen molar-refractivity contribution < 1.29 is 4.92 Å². The average Bonchev–Trinajstić information content (AvgIpc) is 2.39. The van der Waals surface area contributed by atoms with E-state index in [0.29, 0.717) is 0 Å². The summed E-state index contributed by atoms with van der Waals surface area (Å²) in [4.78, 5) is 14.5. The standard InChI is InChI=1S/C13H13N3O2/c1-14-7-10-5-12(9-15-8-10)11-3-2-4-13(6-11)16(17)18/h2-6,8-9,14H,7H2,1H3. The first-order chi connectivity index (χ1) is 8.70. The summed E-state index contributed by atoms with van der Waals surface area (Å²) in [6.07, 6.45) is 3.48. The molecule has 0 aliphatic heterocycles. The third kappa shape index (κ3) is 2.70. The molecular formula is C13H13N3O2. The van der Waals surface area contributed by atoms with E-state index in [1.165, 1.54) is 6.07 Å². The van der Waals surface area contributed by atoms with Gasteiger partial charge in [0.25, 0.3) is 5.69 Å². The number of nitro benzene ring substituents is 1. The van der Waals surface area contributed by atoms with Crippen LogP contribution >= 0.6 is 0 Å². The van der Waals surface area contributed by atoms with Crippen LogP contribution in [-0.4, -0.2) is 17.0 Å². The van der Waals surface area contributed by atoms with Gasteiger partial charge >= 0.3 is 0 Å². The lowest BCUT2D eigenvalue weighted by Crippen LogP contribution is -2.05. The van der Waals surface area contributed by atoms with Gasteiger partial charge in [-0.1, -0.05) is 12.1 Å². The molecule has 0 spiro atoms. The van der Waals surface area contributed by atoms with Gasteiger partial charge in [-0.15, -0.1) is 0 Å². The van der Waals surface area contributed by atoms with E-state index in [0.717, 1.165) is 23.2 Å². The highest BCUT2D eigenvalue weighted by Gasteiger charge is 2.07. The molecule has 0 bridgehead atoms. The maximum Gasteiger partial charge on any atom is 0.270 e. The summed E-state index contributed by atoms with van der Waals surface area (Å²) in [5.74, 6) is 0. The summed E-state index contributed by atoms with van der Waals surface area (Å²) in [7, 11) is 1.86. The summed E-state index contributed by atoms with van der Waals surface area (Å²) in [5, 5.41) is 13.8. The Balaban J connectivity index is 2.38. The van der Waals surface area contributed by atoms with Crippen LogP contribution in [-0.2, 0) is 6.54 Å². The Morgan fingerprint density at radius 2 is 2.11 bits per heavy atom. The minimum atomic E-state index is -0.394. The van der Waals surface area contributed by atoms with Crippen LogP contribution in [0.25, 0.3) is 11.1 Å². The van der Waals surface area contributed by atoms with Crippen LogP contribution in [0.2, 0.25) is 0 Å². The smallest absolute Gasteiger partial charge is 0.270 e. The highest BCUT2D eigenvalue weighted by atomic mass is 16.6. The normalized spacial score (nSPS) is 10.3. The number of hydrogen-bond donors (Lipinski definition) is 1. The van der Waals surface area contributed by atoms with E-state index in [-0.39, 0.29) is 5.69 Å². The van der Waals surface area contributed by atoms with Gasteiger partial charge in [0, 0.05) is 36.6 Å². The van der Waals surface area contributed by atoms with Gasteiger partial charge in [-0.2, -0.15) is 0 Å². The van der Waals surface area contributed by atoms with Crippen molar-refractivity contribution in [1.29, 1.82) is 0 Å². The lowest BCUT2D eigenvalue weighted by Gasteiger charge is -2.04. The zero-order chi connectivity index (χ0) is 13.0. The van der Waals surface area contributed by atoms with E-state index < -0.39 is 4.92 Å². The fraction of sp³-hybridized carbons (Fsp3) is 0.154. The van der Waals surface area contributed by atoms with Crippen LogP contribution in [0.15, 0.2) is 42.7 Å². The van der Waals surface area contributed by atoms with Gasteiger partial charge in [0.1, 0.15) is 0 Å². The van der Waals surface area contributed by atoms with Gasteiger partial charge in [-0.3, -0.25) is 15.1 Å². The Morgan fingerprint density at radius 1 is 1.28 bits per heavy atom. The third-order valence-electron chi connectivity index (χ3n) is 2.57. The Bertz CT molecular complexity index is 570. The first-order valence-electron chi connectivity index (χ1n) is 5.54. The van der Waals surface area contributed by atoms with Gasteiger partial charge in [-0.25, -0.2) is 0 Å². The largest absolute Gasteiger partial charge is 0.316 e. The molecule has 0 amide bonds. The fourth-order valence-corrected chi connectivity index (χ4v) is 1.75. The highest BCUT2D eigenvalue weighted by Crippen LogP contribution is 2.23. The number of aromatic nitrogens is 1. The minimum absolute atomic E-state index is 0.0894. The van der Waals surface area contributed by atoms with Crippen molar-refractivity contribution in [1.82, 2.24) is 10.3 Å². The summed E-state index contributed by atoms with van der Waals surface area (Å²) in [5.41, 5.74) is 2.81. The third-order valence-corrected chi connectivity index (χ3v) is 2.57. The number of hydrogen-bond acceptors (Lipinski definition) is 4. The minimum Gasteiger partial charge on any atom is -0.316 e. The molecule has 0 saturated carbocycles. The van der Waals surface area contributed by atoms with Crippen molar-refractivity contribution in [3.8, 4) is 11.1 Å². The van der Waals surface area contributed by atoms with Crippen molar-refractivity contribution in [2.75, 3.05) is 7.05 Å². The molecule has 2 rings (SSSR count). The van der Waals surface area contributed by atoms with Gasteiger partial charge in [0.2, 0.25) is 0 Å². The average molecular weight is 243 g/mol. The molecule has 0 saturated heterocycles. The monoisotopic (exact) mass is 243 g/mol. The topological polar surface area (TPSA) is 68.1 Å². The molecule has 18 heavy (non-hydrogen) atoms. The summed E-state index contributed by atoms with van der Waals surface area (Å²) >= 11 is 0. The Labute approximate surface area is 105 Å². The number of rotatable bonds is 4. The van der Waals surface area contributed by atoms with Crippen molar-refractivity contribution in [3.63, 3.8) is 0 Å². The molecule has 1 aromatic heterocycles. The van der Waals surface area contributed by atoms with E-state index in [1.807, 2.05) is 19.2 Å². The zero-order valence-corrected chi connectivity index (χ0v) is 9.96. The lowest BCUT2D eigenvalue weighted by molar-refractivity contribution is -0.384. The molecule has 0 atom stereocenters. The van der Waals surface area contributed by atoms with Crippen LogP contribution < -0.4 is 5.32 Å². The highest BCUT2D eigenvalue weighted by molar-refractivity contribution is 5.65. The van der Waals surface area contributed by atoms with Crippen LogP contribution in [0.5, 0.6) is 0 Å². The quantitative estimate of drug-likeness (QED) is 0.661. The van der Waals surface area contributed by atoms with E-state index in [9.17, 15) is 10.1 Å². The summed E-state index contributed by atoms with van der Waals surface area (Å²) in [6.45, 7) is 0.718. The first kappa shape index (κ1) is 12.2. The molecule has 92 valence electrons. The van der Waals surface area contributed by atoms with Crippen molar-refractivity contribution in [2.24, 2.45) is 0 Å². The van der Waals surface area contributed by atoms with Gasteiger partial charge < -0.3 is 5.32 Å². The summed E-state index contributed by atoms with van der Waals surface area (Å²) in [6, 6.07) is 8.53. The molecule has 5 nitrogen and oxygen atoms in total. The molecular weight excluding hydrogens is 230 g/mol. The van der Waals surface area contributed by atoms with Crippen LogP contribution in [0.1, 0.15) is 5.56 Å².